The van der Waals surface area contributed by atoms with Crippen LogP contribution in [0.1, 0.15) is 2.85 Å². The summed E-state index contributed by atoms with van der Waals surface area (Å²) in [6.07, 6.45) is -0.887. The Balaban J connectivity index is -0.00000132. The van der Waals surface area contributed by atoms with Crippen LogP contribution in [-0.4, -0.2) is 53.7 Å². The summed E-state index contributed by atoms with van der Waals surface area (Å²) < 4.78 is 21.9. The molecule has 24 heavy (non-hydrogen) atoms. The molecule has 126 valence electrons. The van der Waals surface area contributed by atoms with E-state index in [-0.39, 0.29) is 85.8 Å². The van der Waals surface area contributed by atoms with Gasteiger partial charge in [0.2, 0.25) is 5.95 Å². The second kappa shape index (κ2) is 10.4. The fourth-order valence-corrected chi connectivity index (χ4v) is 1.92. The number of aromatic nitrogens is 4. The van der Waals surface area contributed by atoms with Crippen molar-refractivity contribution in [1.29, 1.82) is 0 Å². The van der Waals surface area contributed by atoms with Crippen LogP contribution in [0.25, 0.3) is 11.2 Å². The van der Waals surface area contributed by atoms with Gasteiger partial charge in [0.25, 0.3) is 5.56 Å². The number of hydrogen-bond acceptors (Lipinski definition) is 8. The molecule has 0 aliphatic heterocycles. The number of anilines is 1. The van der Waals surface area contributed by atoms with Crippen LogP contribution in [0.5, 0.6) is 0 Å². The molecule has 2 aromatic rings. The average molecular weight is 383 g/mol. The average Bonchev–Trinajstić information content (AvgIpc) is 2.81. The molecule has 0 saturated heterocycles. The molecule has 2 aromatic heterocycles. The summed E-state index contributed by atoms with van der Waals surface area (Å²) in [6.45, 7) is -0.846. The minimum absolute atomic E-state index is 0. The second-order valence-electron chi connectivity index (χ2n) is 4.21. The van der Waals surface area contributed by atoms with Crippen LogP contribution in [0, 0.1) is 0 Å². The number of nitrogens with zero attached hydrogens (tertiary/aromatic N) is 3. The molecule has 0 saturated carbocycles. The van der Waals surface area contributed by atoms with Gasteiger partial charge in [-0.25, -0.2) is 4.98 Å². The number of rotatable bonds is 7. The van der Waals surface area contributed by atoms with E-state index < -0.39 is 32.4 Å². The zero-order chi connectivity index (χ0) is 16.3. The van der Waals surface area contributed by atoms with Crippen LogP contribution < -0.4 is 70.4 Å². The number of ether oxygens (including phenoxy) is 2. The van der Waals surface area contributed by atoms with E-state index in [9.17, 15) is 9.36 Å². The Bertz CT molecular complexity index is 772. The van der Waals surface area contributed by atoms with Crippen LogP contribution in [0.4, 0.5) is 5.95 Å². The second-order valence-corrected chi connectivity index (χ2v) is 5.79. The molecule has 0 aliphatic rings. The van der Waals surface area contributed by atoms with Gasteiger partial charge in [-0.2, -0.15) is 4.98 Å². The summed E-state index contributed by atoms with van der Waals surface area (Å²) in [5.74, 6) is -0.101. The van der Waals surface area contributed by atoms with Gasteiger partial charge in [-0.15, -0.1) is 0 Å². The molecule has 12 nitrogen and oxygen atoms in total. The quantitative estimate of drug-likeness (QED) is 0.175. The number of fused-ring (bicyclic) bond motifs is 1. The van der Waals surface area contributed by atoms with Crippen LogP contribution in [0.2, 0.25) is 0 Å². The summed E-state index contributed by atoms with van der Waals surface area (Å²) in [5, 5.41) is 9.03. The molecule has 0 aromatic carbocycles. The number of aliphatic hydroxyl groups is 1. The summed E-state index contributed by atoms with van der Waals surface area (Å²) in [5.41, 5.74) is 5.13. The van der Waals surface area contributed by atoms with E-state index in [1.807, 2.05) is 0 Å². The largest absolute Gasteiger partial charge is 1.00 e. The molecule has 0 bridgehead atoms. The maximum Gasteiger partial charge on any atom is 1.00 e. The van der Waals surface area contributed by atoms with Crippen molar-refractivity contribution in [3.8, 4) is 0 Å². The maximum atomic E-state index is 11.6. The maximum absolute atomic E-state index is 11.6. The number of nitrogens with two attached hydrogens (primary N) is 1. The zero-order valence-corrected chi connectivity index (χ0v) is 18.0. The van der Waals surface area contributed by atoms with E-state index in [0.29, 0.717) is 0 Å². The molecular formula is C9H16N5Na2O7P. The van der Waals surface area contributed by atoms with Gasteiger partial charge in [0.05, 0.1) is 12.9 Å². The SMILES string of the molecule is Nc1nc2c(ncn2COC(CO)OCP(=O)(O)O)c(=O)[nH]1.[H-].[H-].[Na+].[Na+]. The summed E-state index contributed by atoms with van der Waals surface area (Å²) in [4.78, 5) is 39.0. The minimum atomic E-state index is -4.38. The van der Waals surface area contributed by atoms with Crippen molar-refractivity contribution >= 4 is 24.7 Å². The summed E-state index contributed by atoms with van der Waals surface area (Å²) in [7, 11) is -4.38. The first-order chi connectivity index (χ1) is 10.3. The van der Waals surface area contributed by atoms with Gasteiger partial charge in [0.1, 0.15) is 6.73 Å². The molecule has 0 aliphatic carbocycles. The number of nitrogens with one attached hydrogen (secondary N) is 1. The number of hydrogen-bond donors (Lipinski definition) is 5. The van der Waals surface area contributed by atoms with E-state index in [1.165, 1.54) is 10.9 Å². The fourth-order valence-electron chi connectivity index (χ4n) is 1.56. The Morgan fingerprint density at radius 1 is 1.42 bits per heavy atom. The Hall–Kier alpha value is 0.180. The number of imidazole rings is 1. The van der Waals surface area contributed by atoms with Gasteiger partial charge >= 0.3 is 66.7 Å². The Morgan fingerprint density at radius 3 is 2.67 bits per heavy atom. The molecule has 0 spiro atoms. The van der Waals surface area contributed by atoms with Crippen molar-refractivity contribution in [3.63, 3.8) is 0 Å². The third kappa shape index (κ3) is 6.83. The monoisotopic (exact) mass is 383 g/mol. The number of nitrogen functional groups attached to an aromatic ring is 1. The minimum Gasteiger partial charge on any atom is -1.00 e. The van der Waals surface area contributed by atoms with Gasteiger partial charge in [0.15, 0.2) is 23.8 Å². The van der Waals surface area contributed by atoms with Crippen LogP contribution in [0.3, 0.4) is 0 Å². The van der Waals surface area contributed by atoms with Crippen molar-refractivity contribution in [2.75, 3.05) is 18.7 Å². The smallest absolute Gasteiger partial charge is 1.00 e. The summed E-state index contributed by atoms with van der Waals surface area (Å²) in [6, 6.07) is 0. The van der Waals surface area contributed by atoms with Gasteiger partial charge in [-0.3, -0.25) is 18.9 Å². The van der Waals surface area contributed by atoms with E-state index in [4.69, 9.17) is 30.1 Å². The fraction of sp³-hybridized carbons (Fsp3) is 0.444. The van der Waals surface area contributed by atoms with Crippen molar-refractivity contribution in [2.45, 2.75) is 13.0 Å². The van der Waals surface area contributed by atoms with Gasteiger partial charge in [-0.05, 0) is 0 Å². The van der Waals surface area contributed by atoms with Crippen molar-refractivity contribution in [1.82, 2.24) is 19.5 Å². The van der Waals surface area contributed by atoms with E-state index in [0.717, 1.165) is 0 Å². The molecule has 15 heteroatoms. The Kier molecular flexibility index (Phi) is 10.4. The Morgan fingerprint density at radius 2 is 2.08 bits per heavy atom. The van der Waals surface area contributed by atoms with E-state index in [1.54, 1.807) is 0 Å². The zero-order valence-electron chi connectivity index (χ0n) is 15.1. The number of aromatic amines is 1. The molecule has 0 amide bonds. The molecule has 2 rings (SSSR count). The molecule has 1 unspecified atom stereocenters. The first-order valence-electron chi connectivity index (χ1n) is 5.89. The molecule has 1 atom stereocenters. The van der Waals surface area contributed by atoms with E-state index >= 15 is 0 Å². The molecule has 0 radical (unpaired) electrons. The standard InChI is InChI=1S/C9H14N5O7P.2Na.2H/c10-9-12-7-6(8(16)13-9)11-2-14(7)3-20-5(1-15)21-4-22(17,18)19;;;;/h2,5,15H,1,3-4H2,(H2,17,18,19)(H3,10,12,13,16);;;;/q;2*+1;2*-1. The molecular weight excluding hydrogens is 367 g/mol. The topological polar surface area (TPSA) is 186 Å². The third-order valence-corrected chi connectivity index (χ3v) is 2.96. The van der Waals surface area contributed by atoms with Gasteiger partial charge in [-0.1, -0.05) is 0 Å². The first-order valence-corrected chi connectivity index (χ1v) is 7.69. The predicted octanol–water partition coefficient (Wildman–Crippen LogP) is -7.62. The normalized spacial score (nSPS) is 12.5. The molecule has 0 fully saturated rings. The third-order valence-electron chi connectivity index (χ3n) is 2.47. The number of aliphatic hydroxyl groups excluding tert-OH is 1. The van der Waals surface area contributed by atoms with Crippen molar-refractivity contribution in [2.24, 2.45) is 0 Å². The van der Waals surface area contributed by atoms with Crippen LogP contribution in [0.15, 0.2) is 11.1 Å². The molecule has 6 N–H and O–H groups in total. The van der Waals surface area contributed by atoms with Crippen LogP contribution in [-0.2, 0) is 20.8 Å². The summed E-state index contributed by atoms with van der Waals surface area (Å²) >= 11 is 0. The van der Waals surface area contributed by atoms with Crippen molar-refractivity contribution < 1.29 is 90.9 Å². The predicted molar refractivity (Wildman–Crippen MR) is 74.7 cm³/mol. The van der Waals surface area contributed by atoms with Gasteiger partial charge in [0, 0.05) is 0 Å². The van der Waals surface area contributed by atoms with E-state index in [2.05, 4.69) is 15.0 Å². The first kappa shape index (κ1) is 24.2. The molecule has 2 heterocycles. The van der Waals surface area contributed by atoms with Crippen molar-refractivity contribution in [3.05, 3.63) is 16.7 Å². The van der Waals surface area contributed by atoms with Crippen LogP contribution >= 0.6 is 7.60 Å². The Labute approximate surface area is 182 Å². The van der Waals surface area contributed by atoms with Gasteiger partial charge < -0.3 is 33.0 Å². The number of H-pyrrole nitrogens is 1.